The molecule has 5 rings (SSSR count). The quantitative estimate of drug-likeness (QED) is 0.646. The van der Waals surface area contributed by atoms with E-state index in [1.165, 1.54) is 6.07 Å². The van der Waals surface area contributed by atoms with Gasteiger partial charge in [0.25, 0.3) is 0 Å². The summed E-state index contributed by atoms with van der Waals surface area (Å²) in [5.74, 6) is -0.211. The number of halogens is 2. The van der Waals surface area contributed by atoms with Gasteiger partial charge in [0.1, 0.15) is 11.5 Å². The van der Waals surface area contributed by atoms with Gasteiger partial charge >= 0.3 is 0 Å². The van der Waals surface area contributed by atoms with Crippen LogP contribution in [0, 0.1) is 31.5 Å². The lowest BCUT2D eigenvalue weighted by Gasteiger charge is -2.19. The molecule has 4 atom stereocenters. The third-order valence-electron chi connectivity index (χ3n) is 6.27. The number of aliphatic hydroxyl groups is 1. The highest BCUT2D eigenvalue weighted by molar-refractivity contribution is 9.10. The maximum Gasteiger partial charge on any atom is 0.173 e. The summed E-state index contributed by atoms with van der Waals surface area (Å²) in [4.78, 5) is 13.2. The van der Waals surface area contributed by atoms with Crippen LogP contribution in [-0.4, -0.2) is 23.1 Å². The van der Waals surface area contributed by atoms with Gasteiger partial charge in [-0.05, 0) is 73.7 Å². The third kappa shape index (κ3) is 2.84. The summed E-state index contributed by atoms with van der Waals surface area (Å²) in [5.41, 5.74) is 2.77. The molecule has 0 spiro atoms. The van der Waals surface area contributed by atoms with Gasteiger partial charge in [-0.3, -0.25) is 4.79 Å². The van der Waals surface area contributed by atoms with Crippen molar-refractivity contribution in [2.24, 2.45) is 11.8 Å². The average molecular weight is 459 g/mol. The van der Waals surface area contributed by atoms with Crippen LogP contribution >= 0.6 is 15.9 Å². The van der Waals surface area contributed by atoms with Gasteiger partial charge in [0.2, 0.25) is 0 Å². The zero-order chi connectivity index (χ0) is 20.4. The van der Waals surface area contributed by atoms with Gasteiger partial charge in [-0.15, -0.1) is 0 Å². The molecule has 0 saturated carbocycles. The number of hydrogen-bond acceptors (Lipinski definition) is 4. The van der Waals surface area contributed by atoms with E-state index in [1.807, 2.05) is 13.8 Å². The molecule has 2 bridgehead atoms. The van der Waals surface area contributed by atoms with E-state index in [0.29, 0.717) is 15.8 Å². The second kappa shape index (κ2) is 6.67. The standard InChI is InChI=1S/C23H20BrFO4/c1-10-7-13(28-15-4-3-12(24)9-14(15)25)8-11(2)18(10)21-22(26)19-16-5-6-17(29-16)20(19)23(21)27/h3-4,7-9,16-17,19-20,26H,5-6H2,1-2H3/t16?,17?,19-,20+/m1/s1. The van der Waals surface area contributed by atoms with Crippen molar-refractivity contribution in [3.63, 3.8) is 0 Å². The molecule has 2 aliphatic heterocycles. The minimum absolute atomic E-state index is 0.0291. The molecule has 1 aliphatic carbocycles. The van der Waals surface area contributed by atoms with Gasteiger partial charge in [-0.1, -0.05) is 15.9 Å². The molecule has 29 heavy (non-hydrogen) atoms. The Morgan fingerprint density at radius 1 is 1.10 bits per heavy atom. The van der Waals surface area contributed by atoms with Crippen LogP contribution < -0.4 is 4.74 Å². The van der Waals surface area contributed by atoms with Gasteiger partial charge in [-0.25, -0.2) is 4.39 Å². The van der Waals surface area contributed by atoms with Crippen LogP contribution in [0.2, 0.25) is 0 Å². The molecule has 4 nitrogen and oxygen atoms in total. The van der Waals surface area contributed by atoms with E-state index >= 15 is 0 Å². The van der Waals surface area contributed by atoms with Crippen LogP contribution in [0.25, 0.3) is 5.57 Å². The molecule has 2 heterocycles. The van der Waals surface area contributed by atoms with E-state index in [2.05, 4.69) is 15.9 Å². The predicted octanol–water partition coefficient (Wildman–Crippen LogP) is 5.64. The minimum atomic E-state index is -0.464. The molecule has 6 heteroatoms. The minimum Gasteiger partial charge on any atom is -0.511 e. The van der Waals surface area contributed by atoms with Gasteiger partial charge in [0.15, 0.2) is 17.3 Å². The molecular formula is C23H20BrFO4. The second-order valence-corrected chi connectivity index (χ2v) is 8.99. The van der Waals surface area contributed by atoms with Gasteiger partial charge in [0.05, 0.1) is 29.6 Å². The maximum absolute atomic E-state index is 14.1. The monoisotopic (exact) mass is 458 g/mol. The fourth-order valence-corrected chi connectivity index (χ4v) is 5.46. The smallest absolute Gasteiger partial charge is 0.173 e. The van der Waals surface area contributed by atoms with E-state index in [4.69, 9.17) is 9.47 Å². The largest absolute Gasteiger partial charge is 0.511 e. The lowest BCUT2D eigenvalue weighted by molar-refractivity contribution is -0.118. The molecule has 0 aromatic heterocycles. The fourth-order valence-electron chi connectivity index (χ4n) is 5.13. The summed E-state index contributed by atoms with van der Waals surface area (Å²) in [7, 11) is 0. The number of Topliss-reactive ketones (excluding diaryl/α,β-unsaturated/α-hetero) is 1. The van der Waals surface area contributed by atoms with Crippen LogP contribution in [0.3, 0.4) is 0 Å². The summed E-state index contributed by atoms with van der Waals surface area (Å²) in [5, 5.41) is 10.9. The molecular weight excluding hydrogens is 439 g/mol. The number of aryl methyl sites for hydroxylation is 2. The average Bonchev–Trinajstić information content (AvgIpc) is 3.33. The second-order valence-electron chi connectivity index (χ2n) is 8.08. The van der Waals surface area contributed by atoms with E-state index < -0.39 is 5.82 Å². The fraction of sp³-hybridized carbons (Fsp3) is 0.348. The first kappa shape index (κ1) is 18.8. The van der Waals surface area contributed by atoms with Crippen molar-refractivity contribution in [2.45, 2.75) is 38.9 Å². The first-order chi connectivity index (χ1) is 13.8. The summed E-state index contributed by atoms with van der Waals surface area (Å²) in [6.07, 6.45) is 1.62. The number of carbonyl (C=O) groups excluding carboxylic acids is 1. The number of fused-ring (bicyclic) bond motifs is 5. The molecule has 150 valence electrons. The first-order valence-electron chi connectivity index (χ1n) is 9.72. The lowest BCUT2D eigenvalue weighted by Crippen LogP contribution is -2.29. The Bertz CT molecular complexity index is 1050. The molecule has 2 fully saturated rings. The highest BCUT2D eigenvalue weighted by Gasteiger charge is 2.59. The Balaban J connectivity index is 1.51. The number of ether oxygens (including phenoxy) is 2. The van der Waals surface area contributed by atoms with Crippen molar-refractivity contribution in [2.75, 3.05) is 0 Å². The summed E-state index contributed by atoms with van der Waals surface area (Å²) in [6, 6.07) is 8.16. The number of allylic oxidation sites excluding steroid dienone is 1. The number of aliphatic hydroxyl groups excluding tert-OH is 1. The Hall–Kier alpha value is -2.18. The van der Waals surface area contributed by atoms with Crippen LogP contribution in [0.4, 0.5) is 4.39 Å². The topological polar surface area (TPSA) is 55.8 Å². The van der Waals surface area contributed by atoms with Crippen molar-refractivity contribution >= 4 is 27.3 Å². The van der Waals surface area contributed by atoms with E-state index in [0.717, 1.165) is 29.5 Å². The molecule has 2 aromatic rings. The Morgan fingerprint density at radius 3 is 2.38 bits per heavy atom. The molecule has 0 radical (unpaired) electrons. The number of rotatable bonds is 3. The highest BCUT2D eigenvalue weighted by Crippen LogP contribution is 2.54. The Kier molecular flexibility index (Phi) is 4.33. The highest BCUT2D eigenvalue weighted by atomic mass is 79.9. The van der Waals surface area contributed by atoms with Crippen LogP contribution in [0.15, 0.2) is 40.6 Å². The molecule has 0 amide bonds. The van der Waals surface area contributed by atoms with Crippen molar-refractivity contribution in [3.8, 4) is 11.5 Å². The van der Waals surface area contributed by atoms with Gasteiger partial charge in [-0.2, -0.15) is 0 Å². The number of ketones is 1. The summed E-state index contributed by atoms with van der Waals surface area (Å²) in [6.45, 7) is 3.75. The predicted molar refractivity (Wildman–Crippen MR) is 110 cm³/mol. The first-order valence-corrected chi connectivity index (χ1v) is 10.5. The van der Waals surface area contributed by atoms with Crippen molar-refractivity contribution < 1.29 is 23.8 Å². The molecule has 1 N–H and O–H groups in total. The number of carbonyl (C=O) groups is 1. The summed E-state index contributed by atoms with van der Waals surface area (Å²) < 4.78 is 26.4. The Labute approximate surface area is 176 Å². The van der Waals surface area contributed by atoms with Crippen LogP contribution in [0.5, 0.6) is 11.5 Å². The summed E-state index contributed by atoms with van der Waals surface area (Å²) >= 11 is 3.23. The van der Waals surface area contributed by atoms with Crippen molar-refractivity contribution in [3.05, 3.63) is 63.1 Å². The third-order valence-corrected chi connectivity index (χ3v) is 6.77. The van der Waals surface area contributed by atoms with Crippen LogP contribution in [-0.2, 0) is 9.53 Å². The zero-order valence-corrected chi connectivity index (χ0v) is 17.6. The van der Waals surface area contributed by atoms with E-state index in [-0.39, 0.29) is 41.3 Å². The zero-order valence-electron chi connectivity index (χ0n) is 16.0. The molecule has 2 saturated heterocycles. The lowest BCUT2D eigenvalue weighted by atomic mass is 9.80. The molecule has 3 aliphatic rings. The van der Waals surface area contributed by atoms with Gasteiger partial charge < -0.3 is 14.6 Å². The van der Waals surface area contributed by atoms with Crippen molar-refractivity contribution in [1.82, 2.24) is 0 Å². The number of benzene rings is 2. The normalized spacial score (nSPS) is 27.7. The Morgan fingerprint density at radius 2 is 1.76 bits per heavy atom. The van der Waals surface area contributed by atoms with Crippen molar-refractivity contribution in [1.29, 1.82) is 0 Å². The van der Waals surface area contributed by atoms with Crippen LogP contribution in [0.1, 0.15) is 29.5 Å². The molecule has 2 aromatic carbocycles. The van der Waals surface area contributed by atoms with E-state index in [9.17, 15) is 14.3 Å². The van der Waals surface area contributed by atoms with E-state index in [1.54, 1.807) is 24.3 Å². The SMILES string of the molecule is Cc1cc(Oc2ccc(Br)cc2F)cc(C)c1C1=C(O)[C@@H]2C3CCC(O3)[C@@H]2C1=O. The maximum atomic E-state index is 14.1. The molecule has 2 unspecified atom stereocenters. The number of hydrogen-bond donors (Lipinski definition) is 1. The van der Waals surface area contributed by atoms with Gasteiger partial charge in [0, 0.05) is 4.47 Å².